The SMILES string of the molecule is CC1(C)CCC(O)CN1C(=O)c1ccc(F)cc1. The fraction of sp³-hybridized carbons (Fsp3) is 0.500. The lowest BCUT2D eigenvalue weighted by molar-refractivity contribution is 0.00154. The van der Waals surface area contributed by atoms with Crippen LogP contribution in [0, 0.1) is 5.82 Å². The number of hydrogen-bond donors (Lipinski definition) is 1. The Kier molecular flexibility index (Phi) is 3.39. The van der Waals surface area contributed by atoms with Gasteiger partial charge in [0, 0.05) is 17.6 Å². The maximum atomic E-state index is 12.8. The van der Waals surface area contributed by atoms with Gasteiger partial charge in [-0.3, -0.25) is 4.79 Å². The minimum Gasteiger partial charge on any atom is -0.391 e. The van der Waals surface area contributed by atoms with Crippen LogP contribution < -0.4 is 0 Å². The van der Waals surface area contributed by atoms with Crippen molar-refractivity contribution in [2.75, 3.05) is 6.54 Å². The van der Waals surface area contributed by atoms with Crippen LogP contribution >= 0.6 is 0 Å². The molecule has 0 spiro atoms. The maximum absolute atomic E-state index is 12.8. The summed E-state index contributed by atoms with van der Waals surface area (Å²) in [7, 11) is 0. The number of rotatable bonds is 1. The molecule has 0 saturated carbocycles. The quantitative estimate of drug-likeness (QED) is 0.831. The van der Waals surface area contributed by atoms with Gasteiger partial charge in [-0.1, -0.05) is 0 Å². The first-order valence-electron chi connectivity index (χ1n) is 6.16. The molecule has 0 bridgehead atoms. The third-order valence-corrected chi connectivity index (χ3v) is 3.55. The third-order valence-electron chi connectivity index (χ3n) is 3.55. The molecule has 1 unspecified atom stereocenters. The Bertz CT molecular complexity index is 442. The molecule has 1 aromatic rings. The predicted molar refractivity (Wildman–Crippen MR) is 66.8 cm³/mol. The highest BCUT2D eigenvalue weighted by Crippen LogP contribution is 2.29. The van der Waals surface area contributed by atoms with Gasteiger partial charge in [-0.15, -0.1) is 0 Å². The molecule has 18 heavy (non-hydrogen) atoms. The van der Waals surface area contributed by atoms with Crippen LogP contribution in [0.5, 0.6) is 0 Å². The Morgan fingerprint density at radius 1 is 1.39 bits per heavy atom. The van der Waals surface area contributed by atoms with E-state index in [0.29, 0.717) is 18.5 Å². The smallest absolute Gasteiger partial charge is 0.254 e. The van der Waals surface area contributed by atoms with E-state index in [4.69, 9.17) is 0 Å². The van der Waals surface area contributed by atoms with E-state index in [0.717, 1.165) is 6.42 Å². The van der Waals surface area contributed by atoms with Crippen molar-refractivity contribution in [3.8, 4) is 0 Å². The molecule has 2 rings (SSSR count). The van der Waals surface area contributed by atoms with Crippen molar-refractivity contribution < 1.29 is 14.3 Å². The Hall–Kier alpha value is -1.42. The Morgan fingerprint density at radius 2 is 2.00 bits per heavy atom. The lowest BCUT2D eigenvalue weighted by Gasteiger charge is -2.44. The zero-order valence-corrected chi connectivity index (χ0v) is 10.7. The lowest BCUT2D eigenvalue weighted by Crippen LogP contribution is -2.54. The number of aliphatic hydroxyl groups excluding tert-OH is 1. The first-order chi connectivity index (χ1) is 8.40. The molecule has 1 heterocycles. The average molecular weight is 251 g/mol. The van der Waals surface area contributed by atoms with Crippen LogP contribution in [-0.4, -0.2) is 34.1 Å². The second kappa shape index (κ2) is 4.69. The van der Waals surface area contributed by atoms with Crippen LogP contribution in [0.25, 0.3) is 0 Å². The first-order valence-corrected chi connectivity index (χ1v) is 6.16. The molecular weight excluding hydrogens is 233 g/mol. The van der Waals surface area contributed by atoms with Gasteiger partial charge >= 0.3 is 0 Å². The molecule has 0 aliphatic carbocycles. The van der Waals surface area contributed by atoms with Gasteiger partial charge in [0.1, 0.15) is 5.82 Å². The largest absolute Gasteiger partial charge is 0.391 e. The van der Waals surface area contributed by atoms with Gasteiger partial charge in [-0.05, 0) is 51.0 Å². The summed E-state index contributed by atoms with van der Waals surface area (Å²) in [5.74, 6) is -0.511. The normalized spacial score (nSPS) is 22.9. The van der Waals surface area contributed by atoms with E-state index in [2.05, 4.69) is 0 Å². The molecule has 0 aromatic heterocycles. The minimum absolute atomic E-state index is 0.154. The number of amides is 1. The van der Waals surface area contributed by atoms with Crippen LogP contribution in [-0.2, 0) is 0 Å². The highest BCUT2D eigenvalue weighted by atomic mass is 19.1. The van der Waals surface area contributed by atoms with Crippen molar-refractivity contribution in [3.05, 3.63) is 35.6 Å². The van der Waals surface area contributed by atoms with Crippen molar-refractivity contribution in [1.29, 1.82) is 0 Å². The number of piperidine rings is 1. The van der Waals surface area contributed by atoms with Gasteiger partial charge in [-0.25, -0.2) is 4.39 Å². The molecule has 4 heteroatoms. The standard InChI is InChI=1S/C14H18FNO2/c1-14(2)8-7-12(17)9-16(14)13(18)10-3-5-11(15)6-4-10/h3-6,12,17H,7-9H2,1-2H3. The van der Waals surface area contributed by atoms with Crippen LogP contribution in [0.15, 0.2) is 24.3 Å². The molecule has 1 amide bonds. The van der Waals surface area contributed by atoms with Crippen LogP contribution in [0.3, 0.4) is 0 Å². The molecule has 0 radical (unpaired) electrons. The minimum atomic E-state index is -0.470. The van der Waals surface area contributed by atoms with Crippen molar-refractivity contribution >= 4 is 5.91 Å². The summed E-state index contributed by atoms with van der Waals surface area (Å²) >= 11 is 0. The summed E-state index contributed by atoms with van der Waals surface area (Å²) in [4.78, 5) is 14.0. The van der Waals surface area contributed by atoms with Crippen LogP contribution in [0.2, 0.25) is 0 Å². The second-order valence-corrected chi connectivity index (χ2v) is 5.43. The number of aliphatic hydroxyl groups is 1. The van der Waals surface area contributed by atoms with E-state index in [1.54, 1.807) is 4.90 Å². The molecule has 3 nitrogen and oxygen atoms in total. The Morgan fingerprint density at radius 3 is 2.61 bits per heavy atom. The number of nitrogens with zero attached hydrogens (tertiary/aromatic N) is 1. The third kappa shape index (κ3) is 2.53. The van der Waals surface area contributed by atoms with Crippen molar-refractivity contribution in [1.82, 2.24) is 4.90 Å². The number of β-amino-alcohol motifs (C(OH)–C–C–N with tert-alkyl or cyclic N) is 1. The highest BCUT2D eigenvalue weighted by Gasteiger charge is 2.36. The van der Waals surface area contributed by atoms with E-state index in [1.807, 2.05) is 13.8 Å². The molecule has 1 atom stereocenters. The predicted octanol–water partition coefficient (Wildman–Crippen LogP) is 2.20. The monoisotopic (exact) mass is 251 g/mol. The molecular formula is C14H18FNO2. The number of halogens is 1. The summed E-state index contributed by atoms with van der Waals surface area (Å²) in [6, 6.07) is 5.52. The molecule has 1 saturated heterocycles. The summed E-state index contributed by atoms with van der Waals surface area (Å²) in [6.07, 6.45) is 1.00. The first kappa shape index (κ1) is 13.0. The zero-order valence-electron chi connectivity index (χ0n) is 10.7. The number of carbonyl (C=O) groups is 1. The van der Waals surface area contributed by atoms with E-state index in [-0.39, 0.29) is 17.3 Å². The fourth-order valence-corrected chi connectivity index (χ4v) is 2.31. The van der Waals surface area contributed by atoms with E-state index in [1.165, 1.54) is 24.3 Å². The summed E-state index contributed by atoms with van der Waals surface area (Å²) in [5, 5.41) is 9.70. The van der Waals surface area contributed by atoms with Crippen molar-refractivity contribution in [2.24, 2.45) is 0 Å². The topological polar surface area (TPSA) is 40.5 Å². The second-order valence-electron chi connectivity index (χ2n) is 5.43. The van der Waals surface area contributed by atoms with E-state index >= 15 is 0 Å². The van der Waals surface area contributed by atoms with E-state index < -0.39 is 6.10 Å². The fourth-order valence-electron chi connectivity index (χ4n) is 2.31. The van der Waals surface area contributed by atoms with Gasteiger partial charge in [0.15, 0.2) is 0 Å². The van der Waals surface area contributed by atoms with Crippen LogP contribution in [0.4, 0.5) is 4.39 Å². The lowest BCUT2D eigenvalue weighted by atomic mass is 9.88. The number of benzene rings is 1. The Balaban J connectivity index is 2.23. The summed E-state index contributed by atoms with van der Waals surface area (Å²) in [5.41, 5.74) is 0.184. The molecule has 98 valence electrons. The molecule has 1 N–H and O–H groups in total. The number of hydrogen-bond acceptors (Lipinski definition) is 2. The van der Waals surface area contributed by atoms with Crippen LogP contribution in [0.1, 0.15) is 37.0 Å². The maximum Gasteiger partial charge on any atom is 0.254 e. The molecule has 1 aromatic carbocycles. The van der Waals surface area contributed by atoms with Gasteiger partial charge in [0.05, 0.1) is 6.10 Å². The zero-order chi connectivity index (χ0) is 13.3. The van der Waals surface area contributed by atoms with Gasteiger partial charge < -0.3 is 10.0 Å². The van der Waals surface area contributed by atoms with Crippen molar-refractivity contribution in [3.63, 3.8) is 0 Å². The molecule has 1 fully saturated rings. The van der Waals surface area contributed by atoms with E-state index in [9.17, 15) is 14.3 Å². The molecule has 1 aliphatic heterocycles. The number of likely N-dealkylation sites (tertiary alicyclic amines) is 1. The van der Waals surface area contributed by atoms with Gasteiger partial charge in [-0.2, -0.15) is 0 Å². The molecule has 1 aliphatic rings. The average Bonchev–Trinajstić information content (AvgIpc) is 2.32. The highest BCUT2D eigenvalue weighted by molar-refractivity contribution is 5.94. The number of carbonyl (C=O) groups excluding carboxylic acids is 1. The summed E-state index contributed by atoms with van der Waals surface area (Å²) in [6.45, 7) is 4.31. The van der Waals surface area contributed by atoms with Gasteiger partial charge in [0.25, 0.3) is 5.91 Å². The van der Waals surface area contributed by atoms with Gasteiger partial charge in [0.2, 0.25) is 0 Å². The summed E-state index contributed by atoms with van der Waals surface area (Å²) < 4.78 is 12.8. The van der Waals surface area contributed by atoms with Crippen molar-refractivity contribution in [2.45, 2.75) is 38.3 Å². The Labute approximate surface area is 106 Å².